The van der Waals surface area contributed by atoms with Crippen LogP contribution in [-0.4, -0.2) is 36.6 Å². The number of sulfonamides is 1. The molecule has 2 aliphatic heterocycles. The average molecular weight is 218 g/mol. The Morgan fingerprint density at radius 2 is 1.71 bits per heavy atom. The van der Waals surface area contributed by atoms with Gasteiger partial charge in [0.1, 0.15) is 0 Å². The summed E-state index contributed by atoms with van der Waals surface area (Å²) in [6.45, 7) is 1.92. The van der Waals surface area contributed by atoms with Crippen molar-refractivity contribution in [1.82, 2.24) is 4.31 Å². The van der Waals surface area contributed by atoms with Gasteiger partial charge in [-0.05, 0) is 32.6 Å². The Morgan fingerprint density at radius 3 is 2.07 bits per heavy atom. The molecular weight excluding hydrogens is 200 g/mol. The first kappa shape index (κ1) is 10.4. The molecule has 5 heteroatoms. The molecule has 4 nitrogen and oxygen atoms in total. The van der Waals surface area contributed by atoms with E-state index in [0.29, 0.717) is 0 Å². The number of nitrogens with two attached hydrogens (primary N) is 1. The third-order valence-corrected chi connectivity index (χ3v) is 5.91. The smallest absolute Gasteiger partial charge is 0.218 e. The normalized spacial score (nSPS) is 35.0. The Kier molecular flexibility index (Phi) is 2.57. The predicted octanol–water partition coefficient (Wildman–Crippen LogP) is 0.290. The van der Waals surface area contributed by atoms with Gasteiger partial charge in [0.2, 0.25) is 10.0 Å². The maximum atomic E-state index is 12.1. The minimum absolute atomic E-state index is 0.221. The zero-order valence-corrected chi connectivity index (χ0v) is 9.33. The summed E-state index contributed by atoms with van der Waals surface area (Å²) >= 11 is 0. The van der Waals surface area contributed by atoms with Gasteiger partial charge in [0, 0.05) is 18.6 Å². The summed E-state index contributed by atoms with van der Waals surface area (Å²) in [7, 11) is -3.12. The third kappa shape index (κ3) is 1.38. The molecule has 2 heterocycles. The summed E-state index contributed by atoms with van der Waals surface area (Å²) in [4.78, 5) is 0. The monoisotopic (exact) mass is 218 g/mol. The molecule has 1 unspecified atom stereocenters. The first-order valence-electron chi connectivity index (χ1n) is 5.29. The van der Waals surface area contributed by atoms with E-state index in [9.17, 15) is 8.42 Å². The molecule has 0 aromatic carbocycles. The quantitative estimate of drug-likeness (QED) is 0.740. The Balaban J connectivity index is 2.23. The fourth-order valence-corrected chi connectivity index (χ4v) is 4.52. The van der Waals surface area contributed by atoms with E-state index in [2.05, 4.69) is 0 Å². The topological polar surface area (TPSA) is 63.4 Å². The van der Waals surface area contributed by atoms with Crippen LogP contribution in [0.2, 0.25) is 0 Å². The summed E-state index contributed by atoms with van der Waals surface area (Å²) in [5.74, 6) is 0. The van der Waals surface area contributed by atoms with Crippen molar-refractivity contribution in [3.8, 4) is 0 Å². The molecule has 2 aliphatic rings. The van der Waals surface area contributed by atoms with E-state index < -0.39 is 15.3 Å². The molecule has 0 aromatic rings. The Morgan fingerprint density at radius 1 is 1.29 bits per heavy atom. The van der Waals surface area contributed by atoms with Crippen molar-refractivity contribution in [3.63, 3.8) is 0 Å². The third-order valence-electron chi connectivity index (χ3n) is 3.52. The van der Waals surface area contributed by atoms with Gasteiger partial charge < -0.3 is 5.73 Å². The van der Waals surface area contributed by atoms with E-state index >= 15 is 0 Å². The SMILES string of the molecule is CC(CN)S(=O)(=O)N1C2CCC1CC2. The van der Waals surface area contributed by atoms with E-state index in [1.165, 1.54) is 0 Å². The second-order valence-corrected chi connectivity index (χ2v) is 6.64. The molecule has 14 heavy (non-hydrogen) atoms. The van der Waals surface area contributed by atoms with Gasteiger partial charge in [-0.2, -0.15) is 4.31 Å². The zero-order valence-electron chi connectivity index (χ0n) is 8.52. The molecule has 2 fully saturated rings. The molecule has 82 valence electrons. The first-order valence-corrected chi connectivity index (χ1v) is 6.80. The number of nitrogens with zero attached hydrogens (tertiary/aromatic N) is 1. The number of fused-ring (bicyclic) bond motifs is 2. The molecule has 0 saturated carbocycles. The van der Waals surface area contributed by atoms with Crippen LogP contribution < -0.4 is 5.73 Å². The van der Waals surface area contributed by atoms with Gasteiger partial charge >= 0.3 is 0 Å². The van der Waals surface area contributed by atoms with Crippen molar-refractivity contribution in [3.05, 3.63) is 0 Å². The molecule has 0 aromatic heterocycles. The van der Waals surface area contributed by atoms with E-state index in [1.807, 2.05) is 0 Å². The fourth-order valence-electron chi connectivity index (χ4n) is 2.61. The highest BCUT2D eigenvalue weighted by Gasteiger charge is 2.47. The summed E-state index contributed by atoms with van der Waals surface area (Å²) in [6, 6.07) is 0.554. The summed E-state index contributed by atoms with van der Waals surface area (Å²) in [5, 5.41) is -0.427. The van der Waals surface area contributed by atoms with E-state index in [0.717, 1.165) is 25.7 Å². The predicted molar refractivity (Wildman–Crippen MR) is 55.3 cm³/mol. The van der Waals surface area contributed by atoms with Gasteiger partial charge in [-0.15, -0.1) is 0 Å². The Bertz CT molecular complexity index is 295. The van der Waals surface area contributed by atoms with Crippen LogP contribution in [0.4, 0.5) is 0 Å². The van der Waals surface area contributed by atoms with Crippen LogP contribution in [0.1, 0.15) is 32.6 Å². The van der Waals surface area contributed by atoms with Crippen LogP contribution in [0.3, 0.4) is 0 Å². The lowest BCUT2D eigenvalue weighted by Crippen LogP contribution is -2.43. The van der Waals surface area contributed by atoms with E-state index in [4.69, 9.17) is 5.73 Å². The summed E-state index contributed by atoms with van der Waals surface area (Å²) < 4.78 is 25.9. The second kappa shape index (κ2) is 3.47. The lowest BCUT2D eigenvalue weighted by atomic mass is 10.0. The van der Waals surface area contributed by atoms with Crippen LogP contribution in [-0.2, 0) is 10.0 Å². The molecule has 2 saturated heterocycles. The molecule has 0 spiro atoms. The Labute approximate surface area is 85.5 Å². The Hall–Kier alpha value is -0.130. The maximum Gasteiger partial charge on any atom is 0.218 e. The second-order valence-electron chi connectivity index (χ2n) is 4.38. The largest absolute Gasteiger partial charge is 0.329 e. The van der Waals surface area contributed by atoms with Crippen molar-refractivity contribution in [1.29, 1.82) is 0 Å². The van der Waals surface area contributed by atoms with Gasteiger partial charge in [-0.1, -0.05) is 0 Å². The molecule has 1 atom stereocenters. The van der Waals surface area contributed by atoms with E-state index in [-0.39, 0.29) is 18.6 Å². The molecule has 0 aliphatic carbocycles. The number of rotatable bonds is 3. The highest BCUT2D eigenvalue weighted by molar-refractivity contribution is 7.89. The molecule has 0 amide bonds. The van der Waals surface area contributed by atoms with Gasteiger partial charge in [-0.3, -0.25) is 0 Å². The zero-order chi connectivity index (χ0) is 10.3. The molecule has 2 N–H and O–H groups in total. The highest BCUT2D eigenvalue weighted by Crippen LogP contribution is 2.40. The van der Waals surface area contributed by atoms with Crippen molar-refractivity contribution in [2.75, 3.05) is 6.54 Å². The lowest BCUT2D eigenvalue weighted by molar-refractivity contribution is 0.390. The number of hydrogen-bond acceptors (Lipinski definition) is 3. The fraction of sp³-hybridized carbons (Fsp3) is 1.00. The van der Waals surface area contributed by atoms with Crippen LogP contribution in [0.15, 0.2) is 0 Å². The number of hydrogen-bond donors (Lipinski definition) is 1. The minimum atomic E-state index is -3.12. The van der Waals surface area contributed by atoms with Crippen molar-refractivity contribution >= 4 is 10.0 Å². The first-order chi connectivity index (χ1) is 6.57. The standard InChI is InChI=1S/C9H18N2O2S/c1-7(6-10)14(12,13)11-8-2-3-9(11)5-4-8/h7-9H,2-6,10H2,1H3. The minimum Gasteiger partial charge on any atom is -0.329 e. The highest BCUT2D eigenvalue weighted by atomic mass is 32.2. The molecule has 2 rings (SSSR count). The lowest BCUT2D eigenvalue weighted by Gasteiger charge is -2.24. The van der Waals surface area contributed by atoms with Crippen molar-refractivity contribution in [2.45, 2.75) is 49.9 Å². The molecular formula is C9H18N2O2S. The van der Waals surface area contributed by atoms with Gasteiger partial charge in [0.25, 0.3) is 0 Å². The molecule has 2 bridgehead atoms. The molecule has 0 radical (unpaired) electrons. The summed E-state index contributed by atoms with van der Waals surface area (Å²) in [5.41, 5.74) is 5.43. The van der Waals surface area contributed by atoms with Crippen LogP contribution >= 0.6 is 0 Å². The van der Waals surface area contributed by atoms with Crippen LogP contribution in [0.25, 0.3) is 0 Å². The van der Waals surface area contributed by atoms with Crippen molar-refractivity contribution in [2.24, 2.45) is 5.73 Å². The van der Waals surface area contributed by atoms with Gasteiger partial charge in [0.05, 0.1) is 5.25 Å². The van der Waals surface area contributed by atoms with Gasteiger partial charge in [0.15, 0.2) is 0 Å². The average Bonchev–Trinajstić information content (AvgIpc) is 2.75. The van der Waals surface area contributed by atoms with Crippen LogP contribution in [0, 0.1) is 0 Å². The van der Waals surface area contributed by atoms with E-state index in [1.54, 1.807) is 11.2 Å². The summed E-state index contributed by atoms with van der Waals surface area (Å²) in [6.07, 6.45) is 4.17. The van der Waals surface area contributed by atoms with Crippen LogP contribution in [0.5, 0.6) is 0 Å². The maximum absolute atomic E-state index is 12.1. The van der Waals surface area contributed by atoms with Gasteiger partial charge in [-0.25, -0.2) is 8.42 Å². The van der Waals surface area contributed by atoms with Crippen molar-refractivity contribution < 1.29 is 8.42 Å².